The van der Waals surface area contributed by atoms with Gasteiger partial charge in [-0.25, -0.2) is 9.67 Å². The fraction of sp³-hybridized carbons (Fsp3) is 0.0769. The van der Waals surface area contributed by atoms with Crippen molar-refractivity contribution in [3.63, 3.8) is 0 Å². The van der Waals surface area contributed by atoms with E-state index in [0.717, 1.165) is 16.9 Å². The zero-order chi connectivity index (χ0) is 13.1. The second-order valence-corrected chi connectivity index (χ2v) is 3.85. The van der Waals surface area contributed by atoms with Crippen LogP contribution in [-0.4, -0.2) is 32.1 Å². The van der Waals surface area contributed by atoms with Crippen molar-refractivity contribution < 1.29 is 4.74 Å². The topological polar surface area (TPSA) is 65.7 Å². The molecule has 0 radical (unpaired) electrons. The zero-order valence-electron chi connectivity index (χ0n) is 10.3. The minimum atomic E-state index is 0.573. The first-order chi connectivity index (χ1) is 9.36. The van der Waals surface area contributed by atoms with Gasteiger partial charge in [0, 0.05) is 24.0 Å². The summed E-state index contributed by atoms with van der Waals surface area (Å²) in [5.74, 6) is 0.573. The van der Waals surface area contributed by atoms with Crippen LogP contribution in [0.5, 0.6) is 5.88 Å². The van der Waals surface area contributed by atoms with Crippen LogP contribution < -0.4 is 4.74 Å². The second kappa shape index (κ2) is 4.85. The van der Waals surface area contributed by atoms with Crippen molar-refractivity contribution in [1.82, 2.24) is 25.0 Å². The van der Waals surface area contributed by atoms with E-state index < -0.39 is 0 Å². The zero-order valence-corrected chi connectivity index (χ0v) is 10.3. The molecule has 0 saturated heterocycles. The second-order valence-electron chi connectivity index (χ2n) is 3.85. The Morgan fingerprint density at radius 2 is 2.11 bits per heavy atom. The van der Waals surface area contributed by atoms with E-state index in [-0.39, 0.29) is 0 Å². The van der Waals surface area contributed by atoms with Gasteiger partial charge in [0.1, 0.15) is 5.69 Å². The van der Waals surface area contributed by atoms with Gasteiger partial charge in [0.25, 0.3) is 0 Å². The Labute approximate surface area is 109 Å². The molecule has 0 atom stereocenters. The van der Waals surface area contributed by atoms with Crippen molar-refractivity contribution in [2.45, 2.75) is 0 Å². The van der Waals surface area contributed by atoms with Gasteiger partial charge in [0.15, 0.2) is 0 Å². The molecular weight excluding hydrogens is 242 g/mol. The molecule has 3 aromatic rings. The molecular formula is C13H11N5O. The molecule has 0 spiro atoms. The van der Waals surface area contributed by atoms with Gasteiger partial charge in [-0.2, -0.15) is 0 Å². The van der Waals surface area contributed by atoms with Crippen molar-refractivity contribution in [1.29, 1.82) is 0 Å². The summed E-state index contributed by atoms with van der Waals surface area (Å²) in [6.07, 6.45) is 6.98. The molecule has 6 nitrogen and oxygen atoms in total. The smallest absolute Gasteiger partial charge is 0.212 e. The SMILES string of the molecule is COc1ccc(-c2cn(-c3cccnc3)nn2)cn1. The van der Waals surface area contributed by atoms with Gasteiger partial charge < -0.3 is 4.74 Å². The Kier molecular flexibility index (Phi) is 2.89. The Bertz CT molecular complexity index is 663. The number of aromatic nitrogens is 5. The maximum Gasteiger partial charge on any atom is 0.212 e. The summed E-state index contributed by atoms with van der Waals surface area (Å²) in [4.78, 5) is 8.19. The van der Waals surface area contributed by atoms with Crippen molar-refractivity contribution in [2.75, 3.05) is 7.11 Å². The minimum Gasteiger partial charge on any atom is -0.481 e. The summed E-state index contributed by atoms with van der Waals surface area (Å²) in [5, 5.41) is 8.20. The predicted molar refractivity (Wildman–Crippen MR) is 68.9 cm³/mol. The molecule has 0 aliphatic heterocycles. The third-order valence-corrected chi connectivity index (χ3v) is 2.65. The van der Waals surface area contributed by atoms with Crippen LogP contribution in [0.4, 0.5) is 0 Å². The molecule has 3 heterocycles. The molecule has 6 heteroatoms. The molecule has 0 bridgehead atoms. The largest absolute Gasteiger partial charge is 0.481 e. The quantitative estimate of drug-likeness (QED) is 0.711. The molecule has 3 aromatic heterocycles. The van der Waals surface area contributed by atoms with Gasteiger partial charge in [0.05, 0.1) is 25.2 Å². The van der Waals surface area contributed by atoms with Crippen LogP contribution in [0.3, 0.4) is 0 Å². The highest BCUT2D eigenvalue weighted by Crippen LogP contribution is 2.18. The Morgan fingerprint density at radius 3 is 2.79 bits per heavy atom. The number of rotatable bonds is 3. The summed E-state index contributed by atoms with van der Waals surface area (Å²) in [6.45, 7) is 0. The molecule has 0 aromatic carbocycles. The van der Waals surface area contributed by atoms with E-state index in [0.29, 0.717) is 5.88 Å². The maximum atomic E-state index is 5.02. The molecule has 3 rings (SSSR count). The fourth-order valence-electron chi connectivity index (χ4n) is 1.66. The van der Waals surface area contributed by atoms with Crippen LogP contribution in [0.25, 0.3) is 16.9 Å². The molecule has 19 heavy (non-hydrogen) atoms. The van der Waals surface area contributed by atoms with Gasteiger partial charge in [-0.1, -0.05) is 5.21 Å². The average molecular weight is 253 g/mol. The maximum absolute atomic E-state index is 5.02. The van der Waals surface area contributed by atoms with Crippen molar-refractivity contribution in [3.05, 3.63) is 49.1 Å². The van der Waals surface area contributed by atoms with E-state index >= 15 is 0 Å². The Hall–Kier alpha value is -2.76. The van der Waals surface area contributed by atoms with Crippen LogP contribution in [0.15, 0.2) is 49.1 Å². The van der Waals surface area contributed by atoms with Crippen LogP contribution in [0.1, 0.15) is 0 Å². The first-order valence-corrected chi connectivity index (χ1v) is 5.70. The lowest BCUT2D eigenvalue weighted by Gasteiger charge is -1.99. The summed E-state index contributed by atoms with van der Waals surface area (Å²) < 4.78 is 6.69. The lowest BCUT2D eigenvalue weighted by molar-refractivity contribution is 0.398. The van der Waals surface area contributed by atoms with Gasteiger partial charge in [-0.05, 0) is 18.2 Å². The molecule has 0 N–H and O–H groups in total. The highest BCUT2D eigenvalue weighted by Gasteiger charge is 2.06. The van der Waals surface area contributed by atoms with E-state index in [1.54, 1.807) is 36.4 Å². The average Bonchev–Trinajstić information content (AvgIpc) is 2.98. The molecule has 0 aliphatic carbocycles. The molecule has 0 unspecified atom stereocenters. The van der Waals surface area contributed by atoms with Gasteiger partial charge in [-0.3, -0.25) is 4.98 Å². The first-order valence-electron chi connectivity index (χ1n) is 5.70. The summed E-state index contributed by atoms with van der Waals surface area (Å²) in [6, 6.07) is 7.45. The van der Waals surface area contributed by atoms with Crippen molar-refractivity contribution in [2.24, 2.45) is 0 Å². The van der Waals surface area contributed by atoms with Crippen molar-refractivity contribution in [3.8, 4) is 22.8 Å². The number of nitrogens with zero attached hydrogens (tertiary/aromatic N) is 5. The van der Waals surface area contributed by atoms with Gasteiger partial charge in [0.2, 0.25) is 5.88 Å². The van der Waals surface area contributed by atoms with Crippen LogP contribution in [-0.2, 0) is 0 Å². The normalized spacial score (nSPS) is 10.4. The number of pyridine rings is 2. The summed E-state index contributed by atoms with van der Waals surface area (Å²) in [7, 11) is 1.58. The van der Waals surface area contributed by atoms with E-state index in [9.17, 15) is 0 Å². The van der Waals surface area contributed by atoms with E-state index in [4.69, 9.17) is 4.74 Å². The lowest BCUT2D eigenvalue weighted by atomic mass is 10.2. The van der Waals surface area contributed by atoms with E-state index in [1.807, 2.05) is 24.4 Å². The minimum absolute atomic E-state index is 0.573. The van der Waals surface area contributed by atoms with Crippen LogP contribution >= 0.6 is 0 Å². The molecule has 94 valence electrons. The summed E-state index contributed by atoms with van der Waals surface area (Å²) in [5.41, 5.74) is 2.50. The Morgan fingerprint density at radius 1 is 1.16 bits per heavy atom. The standard InChI is InChI=1S/C13H11N5O/c1-19-13-5-4-10(7-15-13)12-9-18(17-16-12)11-3-2-6-14-8-11/h2-9H,1H3. The summed E-state index contributed by atoms with van der Waals surface area (Å²) >= 11 is 0. The van der Waals surface area contributed by atoms with Gasteiger partial charge >= 0.3 is 0 Å². The van der Waals surface area contributed by atoms with Crippen molar-refractivity contribution >= 4 is 0 Å². The monoisotopic (exact) mass is 253 g/mol. The van der Waals surface area contributed by atoms with Gasteiger partial charge in [-0.15, -0.1) is 5.10 Å². The number of hydrogen-bond acceptors (Lipinski definition) is 5. The number of hydrogen-bond donors (Lipinski definition) is 0. The number of ether oxygens (including phenoxy) is 1. The molecule has 0 fully saturated rings. The predicted octanol–water partition coefficient (Wildman–Crippen LogP) is 1.73. The fourth-order valence-corrected chi connectivity index (χ4v) is 1.66. The third kappa shape index (κ3) is 2.28. The molecule has 0 aliphatic rings. The number of methoxy groups -OCH3 is 1. The highest BCUT2D eigenvalue weighted by atomic mass is 16.5. The molecule has 0 saturated carbocycles. The lowest BCUT2D eigenvalue weighted by Crippen LogP contribution is -1.94. The van der Waals surface area contributed by atoms with E-state index in [1.165, 1.54) is 0 Å². The van der Waals surface area contributed by atoms with Crippen LogP contribution in [0.2, 0.25) is 0 Å². The third-order valence-electron chi connectivity index (χ3n) is 2.65. The Balaban J connectivity index is 1.92. The van der Waals surface area contributed by atoms with Crippen LogP contribution in [0, 0.1) is 0 Å². The molecule has 0 amide bonds. The van der Waals surface area contributed by atoms with E-state index in [2.05, 4.69) is 20.3 Å². The highest BCUT2D eigenvalue weighted by molar-refractivity contribution is 5.57. The first kappa shape index (κ1) is 11.3.